The van der Waals surface area contributed by atoms with Crippen molar-refractivity contribution < 1.29 is 0 Å². The molecule has 1 aliphatic rings. The molecule has 2 N–H and O–H groups in total. The number of nitrogen functional groups attached to an aromatic ring is 1. The van der Waals surface area contributed by atoms with Gasteiger partial charge in [-0.25, -0.2) is 0 Å². The zero-order chi connectivity index (χ0) is 12.4. The lowest BCUT2D eigenvalue weighted by atomic mass is 10.2. The first-order valence-electron chi connectivity index (χ1n) is 6.08. The summed E-state index contributed by atoms with van der Waals surface area (Å²) in [6.07, 6.45) is 1.19. The summed E-state index contributed by atoms with van der Waals surface area (Å²) >= 11 is 3.45. The molecule has 0 bridgehead atoms. The normalized spacial score (nSPS) is 22.5. The van der Waals surface area contributed by atoms with Crippen molar-refractivity contribution in [3.05, 3.63) is 22.7 Å². The molecule has 0 radical (unpaired) electrons. The van der Waals surface area contributed by atoms with Crippen molar-refractivity contribution in [2.75, 3.05) is 37.3 Å². The van der Waals surface area contributed by atoms with E-state index < -0.39 is 0 Å². The van der Waals surface area contributed by atoms with Crippen LogP contribution in [0.3, 0.4) is 0 Å². The summed E-state index contributed by atoms with van der Waals surface area (Å²) in [5.74, 6) is 0. The Hall–Kier alpha value is -0.740. The van der Waals surface area contributed by atoms with E-state index >= 15 is 0 Å². The minimum Gasteiger partial charge on any atom is -0.397 e. The van der Waals surface area contributed by atoms with Crippen LogP contribution in [0, 0.1) is 0 Å². The molecule has 1 fully saturated rings. The van der Waals surface area contributed by atoms with Gasteiger partial charge in [-0.1, -0.05) is 15.9 Å². The van der Waals surface area contributed by atoms with Crippen LogP contribution in [0.5, 0.6) is 0 Å². The number of halogens is 1. The third-order valence-electron chi connectivity index (χ3n) is 3.35. The van der Waals surface area contributed by atoms with Crippen molar-refractivity contribution >= 4 is 27.3 Å². The molecule has 4 heteroatoms. The van der Waals surface area contributed by atoms with Gasteiger partial charge < -0.3 is 15.5 Å². The Morgan fingerprint density at radius 3 is 2.82 bits per heavy atom. The van der Waals surface area contributed by atoms with Gasteiger partial charge in [-0.15, -0.1) is 0 Å². The number of benzene rings is 1. The fourth-order valence-electron chi connectivity index (χ4n) is 2.52. The second-order valence-corrected chi connectivity index (χ2v) is 5.78. The van der Waals surface area contributed by atoms with Gasteiger partial charge in [0.05, 0.1) is 11.4 Å². The minimum absolute atomic E-state index is 0.506. The van der Waals surface area contributed by atoms with Gasteiger partial charge in [-0.2, -0.15) is 0 Å². The Bertz CT molecular complexity index is 394. The average Bonchev–Trinajstić information content (AvgIpc) is 2.40. The molecular formula is C13H20BrN3. The molecule has 17 heavy (non-hydrogen) atoms. The Morgan fingerprint density at radius 2 is 2.12 bits per heavy atom. The molecule has 3 nitrogen and oxygen atoms in total. The number of nitrogens with two attached hydrogens (primary N) is 1. The lowest BCUT2D eigenvalue weighted by molar-refractivity contribution is 0.337. The monoisotopic (exact) mass is 297 g/mol. The standard InChI is InChI=1S/C13H20BrN3/c1-10-9-16(2)6-3-7-17(10)13-5-4-11(14)8-12(13)15/h4-5,8,10H,3,6-7,9,15H2,1-2H3. The van der Waals surface area contributed by atoms with E-state index in [2.05, 4.69) is 51.8 Å². The zero-order valence-electron chi connectivity index (χ0n) is 10.5. The number of nitrogens with zero attached hydrogens (tertiary/aromatic N) is 2. The summed E-state index contributed by atoms with van der Waals surface area (Å²) < 4.78 is 1.04. The summed E-state index contributed by atoms with van der Waals surface area (Å²) in [4.78, 5) is 4.81. The van der Waals surface area contributed by atoms with E-state index in [0.29, 0.717) is 6.04 Å². The van der Waals surface area contributed by atoms with Crippen molar-refractivity contribution in [1.29, 1.82) is 0 Å². The van der Waals surface area contributed by atoms with Crippen LogP contribution in [0.1, 0.15) is 13.3 Å². The molecule has 1 aliphatic heterocycles. The minimum atomic E-state index is 0.506. The van der Waals surface area contributed by atoms with E-state index in [9.17, 15) is 0 Å². The van der Waals surface area contributed by atoms with Crippen LogP contribution in [0.25, 0.3) is 0 Å². The smallest absolute Gasteiger partial charge is 0.0603 e. The molecule has 2 rings (SSSR count). The third kappa shape index (κ3) is 2.93. The molecule has 1 atom stereocenters. The summed E-state index contributed by atoms with van der Waals surface area (Å²) in [6.45, 7) is 5.60. The highest BCUT2D eigenvalue weighted by molar-refractivity contribution is 9.10. The molecule has 0 saturated carbocycles. The van der Waals surface area contributed by atoms with Gasteiger partial charge in [0.1, 0.15) is 0 Å². The predicted octanol–water partition coefficient (Wildman–Crippen LogP) is 2.56. The maximum atomic E-state index is 6.11. The van der Waals surface area contributed by atoms with Crippen LogP contribution >= 0.6 is 15.9 Å². The van der Waals surface area contributed by atoms with Crippen LogP contribution in [0.4, 0.5) is 11.4 Å². The Morgan fingerprint density at radius 1 is 1.35 bits per heavy atom. The van der Waals surface area contributed by atoms with E-state index in [4.69, 9.17) is 5.73 Å². The Balaban J connectivity index is 2.25. The molecule has 1 unspecified atom stereocenters. The molecule has 0 spiro atoms. The molecule has 1 heterocycles. The van der Waals surface area contributed by atoms with Crippen molar-refractivity contribution in [2.24, 2.45) is 0 Å². The number of anilines is 2. The topological polar surface area (TPSA) is 32.5 Å². The van der Waals surface area contributed by atoms with Gasteiger partial charge in [0.25, 0.3) is 0 Å². The summed E-state index contributed by atoms with van der Waals surface area (Å²) in [5.41, 5.74) is 8.14. The third-order valence-corrected chi connectivity index (χ3v) is 3.84. The second kappa shape index (κ2) is 5.27. The van der Waals surface area contributed by atoms with Crippen LogP contribution in [0.15, 0.2) is 22.7 Å². The van der Waals surface area contributed by atoms with Crippen LogP contribution in [-0.2, 0) is 0 Å². The molecular weight excluding hydrogens is 278 g/mol. The van der Waals surface area contributed by atoms with Gasteiger partial charge in [-0.05, 0) is 45.1 Å². The van der Waals surface area contributed by atoms with Crippen LogP contribution in [0.2, 0.25) is 0 Å². The SMILES string of the molecule is CC1CN(C)CCCN1c1ccc(Br)cc1N. The van der Waals surface area contributed by atoms with Gasteiger partial charge in [0.15, 0.2) is 0 Å². The molecule has 0 amide bonds. The number of hydrogen-bond acceptors (Lipinski definition) is 3. The predicted molar refractivity (Wildman–Crippen MR) is 77.5 cm³/mol. The number of hydrogen-bond donors (Lipinski definition) is 1. The highest BCUT2D eigenvalue weighted by Crippen LogP contribution is 2.29. The zero-order valence-corrected chi connectivity index (χ0v) is 12.1. The fraction of sp³-hybridized carbons (Fsp3) is 0.538. The molecule has 1 saturated heterocycles. The first-order valence-corrected chi connectivity index (χ1v) is 6.87. The van der Waals surface area contributed by atoms with E-state index in [1.54, 1.807) is 0 Å². The van der Waals surface area contributed by atoms with Crippen LogP contribution in [-0.4, -0.2) is 37.6 Å². The van der Waals surface area contributed by atoms with Crippen molar-refractivity contribution in [3.8, 4) is 0 Å². The highest BCUT2D eigenvalue weighted by Gasteiger charge is 2.21. The van der Waals surface area contributed by atoms with Crippen molar-refractivity contribution in [1.82, 2.24) is 4.90 Å². The van der Waals surface area contributed by atoms with Crippen molar-refractivity contribution in [2.45, 2.75) is 19.4 Å². The van der Waals surface area contributed by atoms with Gasteiger partial charge in [-0.3, -0.25) is 0 Å². The van der Waals surface area contributed by atoms with Gasteiger partial charge in [0.2, 0.25) is 0 Å². The fourth-order valence-corrected chi connectivity index (χ4v) is 2.90. The largest absolute Gasteiger partial charge is 0.397 e. The first-order chi connectivity index (χ1) is 8.08. The first kappa shape index (κ1) is 12.7. The maximum absolute atomic E-state index is 6.11. The average molecular weight is 298 g/mol. The van der Waals surface area contributed by atoms with E-state index in [1.807, 2.05) is 6.07 Å². The summed E-state index contributed by atoms with van der Waals surface area (Å²) in [5, 5.41) is 0. The lowest BCUT2D eigenvalue weighted by Crippen LogP contribution is -2.38. The highest BCUT2D eigenvalue weighted by atomic mass is 79.9. The molecule has 1 aromatic rings. The molecule has 94 valence electrons. The van der Waals surface area contributed by atoms with Gasteiger partial charge in [0, 0.05) is 23.6 Å². The van der Waals surface area contributed by atoms with Crippen LogP contribution < -0.4 is 10.6 Å². The second-order valence-electron chi connectivity index (χ2n) is 4.86. The van der Waals surface area contributed by atoms with E-state index in [1.165, 1.54) is 6.42 Å². The maximum Gasteiger partial charge on any atom is 0.0603 e. The Kier molecular flexibility index (Phi) is 3.94. The summed E-state index contributed by atoms with van der Waals surface area (Å²) in [7, 11) is 2.19. The lowest BCUT2D eigenvalue weighted by Gasteiger charge is -2.31. The van der Waals surface area contributed by atoms with E-state index in [0.717, 1.165) is 35.5 Å². The van der Waals surface area contributed by atoms with Crippen molar-refractivity contribution in [3.63, 3.8) is 0 Å². The number of likely N-dealkylation sites (N-methyl/N-ethyl adjacent to an activating group) is 1. The summed E-state index contributed by atoms with van der Waals surface area (Å²) in [6, 6.07) is 6.66. The quantitative estimate of drug-likeness (QED) is 0.809. The van der Waals surface area contributed by atoms with Gasteiger partial charge >= 0.3 is 0 Å². The molecule has 0 aliphatic carbocycles. The van der Waals surface area contributed by atoms with E-state index in [-0.39, 0.29) is 0 Å². The number of rotatable bonds is 1. The molecule has 0 aromatic heterocycles. The molecule has 1 aromatic carbocycles. The Labute approximate surface area is 112 Å².